The minimum absolute atomic E-state index is 0.201. The minimum atomic E-state index is -0.605. The van der Waals surface area contributed by atoms with E-state index in [1.54, 1.807) is 36.8 Å². The highest BCUT2D eigenvalue weighted by Crippen LogP contribution is 2.18. The number of nitrogens with one attached hydrogen (secondary N) is 1. The van der Waals surface area contributed by atoms with E-state index in [1.807, 2.05) is 32.9 Å². The number of hydrogen-bond acceptors (Lipinski definition) is 9. The standard InChI is InChI=1S/C26H25N7O3/c1-26(2,3)36-25(34)33-22-7-5-17(14-18(22)15-29-33)4-6-19-8-11-27-23(30-19)21-9-12-28-24(32-21)31-20-10-13-35-16-20/h5,7-9,11-12,14-15,20H,10,13,16H2,1-3H3,(H,28,31,32)/t20-/m0/s1. The van der Waals surface area contributed by atoms with Crippen molar-refractivity contribution in [2.75, 3.05) is 18.5 Å². The zero-order chi connectivity index (χ0) is 25.1. The molecular weight excluding hydrogens is 458 g/mol. The lowest BCUT2D eigenvalue weighted by atomic mass is 10.1. The Hall–Kier alpha value is -4.36. The summed E-state index contributed by atoms with van der Waals surface area (Å²) in [6.07, 6.45) is 5.34. The van der Waals surface area contributed by atoms with Gasteiger partial charge in [0.1, 0.15) is 17.0 Å². The topological polar surface area (TPSA) is 117 Å². The minimum Gasteiger partial charge on any atom is -0.442 e. The van der Waals surface area contributed by atoms with Crippen molar-refractivity contribution in [1.82, 2.24) is 29.7 Å². The van der Waals surface area contributed by atoms with E-state index < -0.39 is 11.7 Å². The number of hydrogen-bond donors (Lipinski definition) is 1. The highest BCUT2D eigenvalue weighted by Gasteiger charge is 2.20. The number of carbonyl (C=O) groups excluding carboxylic acids is 1. The van der Waals surface area contributed by atoms with Gasteiger partial charge in [-0.15, -0.1) is 0 Å². The van der Waals surface area contributed by atoms with Gasteiger partial charge in [0, 0.05) is 30.0 Å². The molecule has 3 aromatic heterocycles. The van der Waals surface area contributed by atoms with Crippen LogP contribution in [-0.4, -0.2) is 60.7 Å². The number of benzene rings is 1. The Morgan fingerprint density at radius 2 is 2.00 bits per heavy atom. The SMILES string of the molecule is CC(C)(C)OC(=O)n1ncc2cc(C#Cc3ccnc(-c4ccnc(N[C@H]5CCOC5)n4)n3)ccc21. The van der Waals surface area contributed by atoms with Crippen LogP contribution in [0, 0.1) is 11.8 Å². The van der Waals surface area contributed by atoms with E-state index in [2.05, 4.69) is 42.2 Å². The van der Waals surface area contributed by atoms with Gasteiger partial charge in [0.2, 0.25) is 5.95 Å². The van der Waals surface area contributed by atoms with Gasteiger partial charge in [-0.05, 0) is 63.4 Å². The number of aromatic nitrogens is 6. The first-order valence-electron chi connectivity index (χ1n) is 11.6. The predicted octanol–water partition coefficient (Wildman–Crippen LogP) is 3.67. The van der Waals surface area contributed by atoms with Gasteiger partial charge in [0.15, 0.2) is 5.82 Å². The monoisotopic (exact) mass is 483 g/mol. The fourth-order valence-electron chi connectivity index (χ4n) is 3.63. The second-order valence-corrected chi connectivity index (χ2v) is 9.30. The van der Waals surface area contributed by atoms with Gasteiger partial charge < -0.3 is 14.8 Å². The quantitative estimate of drug-likeness (QED) is 0.436. The van der Waals surface area contributed by atoms with Crippen LogP contribution in [0.1, 0.15) is 38.4 Å². The Labute approximate surface area is 208 Å². The molecule has 4 heterocycles. The number of nitrogens with zero attached hydrogens (tertiary/aromatic N) is 6. The Kier molecular flexibility index (Phi) is 6.31. The fraction of sp³-hybridized carbons (Fsp3) is 0.308. The Morgan fingerprint density at radius 1 is 1.14 bits per heavy atom. The highest BCUT2D eigenvalue weighted by atomic mass is 16.6. The maximum atomic E-state index is 12.4. The molecule has 182 valence electrons. The van der Waals surface area contributed by atoms with E-state index in [0.717, 1.165) is 24.0 Å². The first-order chi connectivity index (χ1) is 17.3. The van der Waals surface area contributed by atoms with Crippen LogP contribution in [-0.2, 0) is 9.47 Å². The molecule has 0 spiro atoms. The largest absolute Gasteiger partial charge is 0.442 e. The molecule has 0 saturated carbocycles. The molecule has 5 rings (SSSR count). The summed E-state index contributed by atoms with van der Waals surface area (Å²) >= 11 is 0. The van der Waals surface area contributed by atoms with E-state index in [4.69, 9.17) is 9.47 Å². The van der Waals surface area contributed by atoms with Crippen molar-refractivity contribution in [3.05, 3.63) is 60.2 Å². The van der Waals surface area contributed by atoms with Crippen molar-refractivity contribution in [3.63, 3.8) is 0 Å². The molecule has 0 unspecified atom stereocenters. The lowest BCUT2D eigenvalue weighted by molar-refractivity contribution is 0.0522. The van der Waals surface area contributed by atoms with Crippen LogP contribution < -0.4 is 5.32 Å². The van der Waals surface area contributed by atoms with Crippen LogP contribution in [0.2, 0.25) is 0 Å². The smallest absolute Gasteiger partial charge is 0.435 e. The molecule has 1 saturated heterocycles. The van der Waals surface area contributed by atoms with Gasteiger partial charge >= 0.3 is 6.09 Å². The second kappa shape index (κ2) is 9.71. The maximum Gasteiger partial charge on any atom is 0.435 e. The fourth-order valence-corrected chi connectivity index (χ4v) is 3.63. The van der Waals surface area contributed by atoms with Crippen LogP contribution in [0.15, 0.2) is 48.9 Å². The van der Waals surface area contributed by atoms with E-state index in [0.29, 0.717) is 35.3 Å². The normalized spacial score (nSPS) is 15.4. The molecule has 1 aliphatic heterocycles. The van der Waals surface area contributed by atoms with Crippen LogP contribution in [0.5, 0.6) is 0 Å². The molecule has 1 atom stereocenters. The van der Waals surface area contributed by atoms with Crippen molar-refractivity contribution < 1.29 is 14.3 Å². The van der Waals surface area contributed by atoms with Crippen LogP contribution >= 0.6 is 0 Å². The van der Waals surface area contributed by atoms with E-state index in [1.165, 1.54) is 4.68 Å². The van der Waals surface area contributed by atoms with Gasteiger partial charge in [-0.1, -0.05) is 5.92 Å². The van der Waals surface area contributed by atoms with E-state index in [-0.39, 0.29) is 6.04 Å². The summed E-state index contributed by atoms with van der Waals surface area (Å²) in [7, 11) is 0. The van der Waals surface area contributed by atoms with Gasteiger partial charge in [0.25, 0.3) is 0 Å². The second-order valence-electron chi connectivity index (χ2n) is 9.30. The van der Waals surface area contributed by atoms with Crippen LogP contribution in [0.25, 0.3) is 22.4 Å². The summed E-state index contributed by atoms with van der Waals surface area (Å²) in [4.78, 5) is 30.1. The number of anilines is 1. The summed E-state index contributed by atoms with van der Waals surface area (Å²) in [6, 6.07) is 9.20. The lowest BCUT2D eigenvalue weighted by Crippen LogP contribution is -2.27. The summed E-state index contributed by atoms with van der Waals surface area (Å²) in [6.45, 7) is 6.82. The van der Waals surface area contributed by atoms with Gasteiger partial charge in [-0.3, -0.25) is 0 Å². The number of fused-ring (bicyclic) bond motifs is 1. The number of rotatable bonds is 3. The lowest BCUT2D eigenvalue weighted by Gasteiger charge is -2.19. The molecule has 10 nitrogen and oxygen atoms in total. The predicted molar refractivity (Wildman–Crippen MR) is 133 cm³/mol. The molecule has 1 aliphatic rings. The summed E-state index contributed by atoms with van der Waals surface area (Å²) in [5.74, 6) is 7.17. The Bertz CT molecular complexity index is 1470. The molecule has 0 amide bonds. The van der Waals surface area contributed by atoms with Gasteiger partial charge in [-0.25, -0.2) is 24.7 Å². The third-order valence-corrected chi connectivity index (χ3v) is 5.27. The van der Waals surface area contributed by atoms with Crippen molar-refractivity contribution in [3.8, 4) is 23.4 Å². The maximum absolute atomic E-state index is 12.4. The molecule has 1 fully saturated rings. The molecule has 0 bridgehead atoms. The average molecular weight is 484 g/mol. The zero-order valence-electron chi connectivity index (χ0n) is 20.2. The summed E-state index contributed by atoms with van der Waals surface area (Å²) in [5, 5.41) is 8.23. The van der Waals surface area contributed by atoms with Crippen molar-refractivity contribution >= 4 is 22.9 Å². The third-order valence-electron chi connectivity index (χ3n) is 5.27. The van der Waals surface area contributed by atoms with Crippen molar-refractivity contribution in [2.24, 2.45) is 0 Å². The molecule has 0 radical (unpaired) electrons. The first-order valence-corrected chi connectivity index (χ1v) is 11.6. The first kappa shape index (κ1) is 23.4. The molecule has 10 heteroatoms. The summed E-state index contributed by atoms with van der Waals surface area (Å²) < 4.78 is 12.1. The molecule has 4 aromatic rings. The molecule has 0 aliphatic carbocycles. The molecule has 1 N–H and O–H groups in total. The highest BCUT2D eigenvalue weighted by molar-refractivity contribution is 5.88. The average Bonchev–Trinajstić information content (AvgIpc) is 3.52. The van der Waals surface area contributed by atoms with E-state index in [9.17, 15) is 4.79 Å². The number of carbonyl (C=O) groups is 1. The molecular formula is C26H25N7O3. The Morgan fingerprint density at radius 3 is 2.81 bits per heavy atom. The zero-order valence-corrected chi connectivity index (χ0v) is 20.2. The van der Waals surface area contributed by atoms with Gasteiger partial charge in [-0.2, -0.15) is 9.78 Å². The van der Waals surface area contributed by atoms with Crippen molar-refractivity contribution in [2.45, 2.75) is 38.8 Å². The third kappa shape index (κ3) is 5.47. The van der Waals surface area contributed by atoms with Crippen LogP contribution in [0.4, 0.5) is 10.7 Å². The Balaban J connectivity index is 1.34. The summed E-state index contributed by atoms with van der Waals surface area (Å²) in [5.41, 5.74) is 1.97. The molecule has 1 aromatic carbocycles. The van der Waals surface area contributed by atoms with E-state index >= 15 is 0 Å². The molecule has 36 heavy (non-hydrogen) atoms. The van der Waals surface area contributed by atoms with Gasteiger partial charge in [0.05, 0.1) is 24.4 Å². The van der Waals surface area contributed by atoms with Crippen molar-refractivity contribution in [1.29, 1.82) is 0 Å². The van der Waals surface area contributed by atoms with Crippen LogP contribution in [0.3, 0.4) is 0 Å². The number of ether oxygens (including phenoxy) is 2.